The number of nitrogens with one attached hydrogen (secondary N) is 1. The second kappa shape index (κ2) is 6.26. The molecule has 0 unspecified atom stereocenters. The summed E-state index contributed by atoms with van der Waals surface area (Å²) in [6.45, 7) is 2.73. The molecular weight excluding hydrogens is 266 g/mol. The molecule has 1 heterocycles. The zero-order valence-electron chi connectivity index (χ0n) is 12.5. The van der Waals surface area contributed by atoms with Crippen molar-refractivity contribution in [2.75, 3.05) is 13.7 Å². The second-order valence-electron chi connectivity index (χ2n) is 5.58. The first kappa shape index (κ1) is 14.1. The van der Waals surface area contributed by atoms with Gasteiger partial charge < -0.3 is 14.6 Å². The van der Waals surface area contributed by atoms with Gasteiger partial charge in [0.2, 0.25) is 5.89 Å². The molecule has 21 heavy (non-hydrogen) atoms. The second-order valence-corrected chi connectivity index (χ2v) is 5.58. The highest BCUT2D eigenvalue weighted by Crippen LogP contribution is 2.37. The summed E-state index contributed by atoms with van der Waals surface area (Å²) in [7, 11) is 1.70. The minimum absolute atomic E-state index is 0.598. The van der Waals surface area contributed by atoms with E-state index in [2.05, 4.69) is 27.6 Å². The number of benzene rings is 1. The fraction of sp³-hybridized carbons (Fsp3) is 0.500. The van der Waals surface area contributed by atoms with Crippen molar-refractivity contribution in [2.45, 2.75) is 38.1 Å². The molecule has 0 amide bonds. The number of ether oxygens (including phenoxy) is 1. The zero-order chi connectivity index (χ0) is 14.7. The van der Waals surface area contributed by atoms with Gasteiger partial charge in [-0.15, -0.1) is 0 Å². The lowest BCUT2D eigenvalue weighted by Crippen LogP contribution is -2.40. The van der Waals surface area contributed by atoms with E-state index in [1.165, 1.54) is 18.4 Å². The van der Waals surface area contributed by atoms with Crippen LogP contribution >= 0.6 is 0 Å². The molecule has 0 atom stereocenters. The van der Waals surface area contributed by atoms with Gasteiger partial charge in [-0.05, 0) is 43.4 Å². The number of rotatable bonds is 6. The van der Waals surface area contributed by atoms with Crippen molar-refractivity contribution in [3.05, 3.63) is 41.5 Å². The van der Waals surface area contributed by atoms with E-state index in [1.54, 1.807) is 7.11 Å². The Morgan fingerprint density at radius 1 is 1.29 bits per heavy atom. The van der Waals surface area contributed by atoms with Crippen LogP contribution in [0.2, 0.25) is 0 Å². The van der Waals surface area contributed by atoms with Gasteiger partial charge in [0.25, 0.3) is 0 Å². The monoisotopic (exact) mass is 287 g/mol. The van der Waals surface area contributed by atoms with Gasteiger partial charge in [0.05, 0.1) is 7.11 Å². The summed E-state index contributed by atoms with van der Waals surface area (Å²) in [5.41, 5.74) is 1.40. The van der Waals surface area contributed by atoms with Crippen LogP contribution in [-0.2, 0) is 6.42 Å². The van der Waals surface area contributed by atoms with Crippen molar-refractivity contribution in [1.82, 2.24) is 15.5 Å². The normalized spacial score (nSPS) is 21.0. The number of hydrogen-bond donors (Lipinski definition) is 1. The molecule has 0 aliphatic heterocycles. The fourth-order valence-corrected chi connectivity index (χ4v) is 2.76. The molecule has 5 heteroatoms. The van der Waals surface area contributed by atoms with Crippen molar-refractivity contribution in [3.8, 4) is 5.75 Å². The van der Waals surface area contributed by atoms with E-state index in [0.717, 1.165) is 18.7 Å². The van der Waals surface area contributed by atoms with Crippen LogP contribution in [0, 0.1) is 6.92 Å². The number of methoxy groups -OCH3 is 1. The minimum atomic E-state index is 0.598. The predicted octanol–water partition coefficient (Wildman–Crippen LogP) is 2.46. The molecule has 1 saturated carbocycles. The quantitative estimate of drug-likeness (QED) is 0.884. The number of aromatic nitrogens is 2. The molecular formula is C16H21N3O2. The third kappa shape index (κ3) is 3.42. The van der Waals surface area contributed by atoms with Gasteiger partial charge in [-0.1, -0.05) is 17.3 Å². The lowest BCUT2D eigenvalue weighted by atomic mass is 9.76. The third-order valence-corrected chi connectivity index (χ3v) is 4.07. The predicted molar refractivity (Wildman–Crippen MR) is 79.5 cm³/mol. The summed E-state index contributed by atoms with van der Waals surface area (Å²) in [5, 5.41) is 7.34. The van der Waals surface area contributed by atoms with E-state index in [1.807, 2.05) is 19.1 Å². The maximum atomic E-state index is 5.19. The van der Waals surface area contributed by atoms with Crippen LogP contribution < -0.4 is 10.1 Å². The van der Waals surface area contributed by atoms with Gasteiger partial charge in [0.1, 0.15) is 5.75 Å². The summed E-state index contributed by atoms with van der Waals surface area (Å²) in [6.07, 6.45) is 3.18. The van der Waals surface area contributed by atoms with E-state index in [9.17, 15) is 0 Å². The van der Waals surface area contributed by atoms with Crippen LogP contribution in [0.15, 0.2) is 28.8 Å². The molecule has 112 valence electrons. The van der Waals surface area contributed by atoms with Crippen molar-refractivity contribution < 1.29 is 9.26 Å². The summed E-state index contributed by atoms with van der Waals surface area (Å²) in [6, 6.07) is 9.00. The molecule has 0 radical (unpaired) electrons. The van der Waals surface area contributed by atoms with Crippen molar-refractivity contribution >= 4 is 0 Å². The SMILES string of the molecule is COc1ccc(C2CC(NCCc3nc(C)no3)C2)cc1. The smallest absolute Gasteiger partial charge is 0.227 e. The number of aryl methyl sites for hydroxylation is 1. The molecule has 1 N–H and O–H groups in total. The summed E-state index contributed by atoms with van der Waals surface area (Å²) < 4.78 is 10.3. The number of nitrogens with zero attached hydrogens (tertiary/aromatic N) is 2. The van der Waals surface area contributed by atoms with Crippen molar-refractivity contribution in [1.29, 1.82) is 0 Å². The molecule has 0 saturated heterocycles. The Balaban J connectivity index is 1.39. The van der Waals surface area contributed by atoms with E-state index >= 15 is 0 Å². The molecule has 2 aromatic rings. The maximum absolute atomic E-state index is 5.19. The zero-order valence-corrected chi connectivity index (χ0v) is 12.5. The molecule has 0 spiro atoms. The van der Waals surface area contributed by atoms with E-state index in [0.29, 0.717) is 23.7 Å². The van der Waals surface area contributed by atoms with Crippen LogP contribution in [0.5, 0.6) is 5.75 Å². The van der Waals surface area contributed by atoms with Crippen molar-refractivity contribution in [2.24, 2.45) is 0 Å². The van der Waals surface area contributed by atoms with Crippen LogP contribution in [0.1, 0.15) is 36.0 Å². The fourth-order valence-electron chi connectivity index (χ4n) is 2.76. The highest BCUT2D eigenvalue weighted by Gasteiger charge is 2.29. The maximum Gasteiger partial charge on any atom is 0.227 e. The van der Waals surface area contributed by atoms with E-state index in [-0.39, 0.29) is 0 Å². The third-order valence-electron chi connectivity index (χ3n) is 4.07. The lowest BCUT2D eigenvalue weighted by molar-refractivity contribution is 0.287. The Hall–Kier alpha value is -1.88. The van der Waals surface area contributed by atoms with Crippen LogP contribution in [0.25, 0.3) is 0 Å². The average molecular weight is 287 g/mol. The van der Waals surface area contributed by atoms with Crippen LogP contribution in [-0.4, -0.2) is 29.8 Å². The molecule has 3 rings (SSSR count). The first-order valence-electron chi connectivity index (χ1n) is 7.41. The van der Waals surface area contributed by atoms with Gasteiger partial charge in [-0.3, -0.25) is 0 Å². The number of hydrogen-bond acceptors (Lipinski definition) is 5. The molecule has 1 aromatic heterocycles. The lowest BCUT2D eigenvalue weighted by Gasteiger charge is -2.36. The molecule has 0 bridgehead atoms. The van der Waals surface area contributed by atoms with Crippen molar-refractivity contribution in [3.63, 3.8) is 0 Å². The van der Waals surface area contributed by atoms with Crippen LogP contribution in [0.4, 0.5) is 0 Å². The van der Waals surface area contributed by atoms with Gasteiger partial charge in [-0.2, -0.15) is 4.98 Å². The summed E-state index contributed by atoms with van der Waals surface area (Å²) in [5.74, 6) is 3.00. The molecule has 5 nitrogen and oxygen atoms in total. The Bertz CT molecular complexity index is 573. The Morgan fingerprint density at radius 3 is 2.67 bits per heavy atom. The highest BCUT2D eigenvalue weighted by atomic mass is 16.5. The largest absolute Gasteiger partial charge is 0.497 e. The van der Waals surface area contributed by atoms with E-state index < -0.39 is 0 Å². The van der Waals surface area contributed by atoms with Crippen LogP contribution in [0.3, 0.4) is 0 Å². The average Bonchev–Trinajstić information content (AvgIpc) is 2.87. The molecule has 1 aliphatic carbocycles. The summed E-state index contributed by atoms with van der Waals surface area (Å²) >= 11 is 0. The Labute approximate surface area is 124 Å². The Morgan fingerprint density at radius 2 is 2.05 bits per heavy atom. The molecule has 1 aromatic carbocycles. The molecule has 1 aliphatic rings. The molecule has 1 fully saturated rings. The van der Waals surface area contributed by atoms with Gasteiger partial charge in [-0.25, -0.2) is 0 Å². The Kier molecular flexibility index (Phi) is 4.20. The minimum Gasteiger partial charge on any atom is -0.497 e. The van der Waals surface area contributed by atoms with Gasteiger partial charge >= 0.3 is 0 Å². The van der Waals surface area contributed by atoms with Gasteiger partial charge in [0, 0.05) is 19.0 Å². The topological polar surface area (TPSA) is 60.2 Å². The summed E-state index contributed by atoms with van der Waals surface area (Å²) in [4.78, 5) is 4.20. The first-order valence-corrected chi connectivity index (χ1v) is 7.41. The standard InChI is InChI=1S/C16H21N3O2/c1-11-18-16(21-19-11)7-8-17-14-9-13(10-14)12-3-5-15(20-2)6-4-12/h3-6,13-14,17H,7-10H2,1-2H3. The van der Waals surface area contributed by atoms with Gasteiger partial charge in [0.15, 0.2) is 5.82 Å². The highest BCUT2D eigenvalue weighted by molar-refractivity contribution is 5.30. The first-order chi connectivity index (χ1) is 10.2. The van der Waals surface area contributed by atoms with E-state index in [4.69, 9.17) is 9.26 Å².